The van der Waals surface area contributed by atoms with Gasteiger partial charge in [-0.15, -0.1) is 0 Å². The summed E-state index contributed by atoms with van der Waals surface area (Å²) in [6.45, 7) is 0. The van der Waals surface area contributed by atoms with Gasteiger partial charge in [0.1, 0.15) is 0 Å². The van der Waals surface area contributed by atoms with E-state index in [0.717, 1.165) is 11.8 Å². The van der Waals surface area contributed by atoms with Crippen LogP contribution in [0, 0.1) is 5.41 Å². The molecule has 0 unspecified atom stereocenters. The maximum atomic E-state index is 11.7. The summed E-state index contributed by atoms with van der Waals surface area (Å²) in [5.41, 5.74) is 10.5. The van der Waals surface area contributed by atoms with Crippen LogP contribution in [0.4, 0.5) is 0 Å². The number of carbonyl (C=O) groups excluding carboxylic acids is 2. The lowest BCUT2D eigenvalue weighted by molar-refractivity contribution is -0.117. The minimum absolute atomic E-state index is 0.144. The lowest BCUT2D eigenvalue weighted by Gasteiger charge is -2.03. The first-order chi connectivity index (χ1) is 9.38. The Morgan fingerprint density at radius 1 is 1.30 bits per heavy atom. The van der Waals surface area contributed by atoms with Gasteiger partial charge in [0.2, 0.25) is 5.91 Å². The third kappa shape index (κ3) is 5.72. The molecule has 0 bridgehead atoms. The fourth-order valence-corrected chi connectivity index (χ4v) is 1.76. The van der Waals surface area contributed by atoms with Crippen molar-refractivity contribution in [3.8, 4) is 0 Å². The topological polar surface area (TPSA) is 134 Å². The van der Waals surface area contributed by atoms with Gasteiger partial charge in [0.05, 0.1) is 5.75 Å². The summed E-state index contributed by atoms with van der Waals surface area (Å²) in [5, 5.41) is 9.78. The molecule has 20 heavy (non-hydrogen) atoms. The van der Waals surface area contributed by atoms with Gasteiger partial charge in [0.25, 0.3) is 5.91 Å². The highest BCUT2D eigenvalue weighted by atomic mass is 35.5. The fraction of sp³-hybridized carbons (Fsp3) is 0.0909. The molecule has 0 heterocycles. The predicted molar refractivity (Wildman–Crippen MR) is 79.9 cm³/mol. The van der Waals surface area contributed by atoms with Gasteiger partial charge in [-0.2, -0.15) is 4.99 Å². The Labute approximate surface area is 124 Å². The Balaban J connectivity index is 2.46. The van der Waals surface area contributed by atoms with E-state index in [1.54, 1.807) is 12.1 Å². The Kier molecular flexibility index (Phi) is 6.01. The molecule has 1 rings (SSSR count). The molecule has 9 heteroatoms. The van der Waals surface area contributed by atoms with Crippen LogP contribution in [0.15, 0.2) is 29.3 Å². The van der Waals surface area contributed by atoms with Crippen molar-refractivity contribution < 1.29 is 9.59 Å². The Morgan fingerprint density at radius 3 is 2.45 bits per heavy atom. The van der Waals surface area contributed by atoms with Crippen LogP contribution in [0.1, 0.15) is 10.4 Å². The number of rotatable bonds is 3. The van der Waals surface area contributed by atoms with Crippen LogP contribution < -0.4 is 16.8 Å². The number of amidine groups is 1. The van der Waals surface area contributed by atoms with E-state index in [1.165, 1.54) is 12.1 Å². The van der Waals surface area contributed by atoms with E-state index < -0.39 is 11.8 Å². The first kappa shape index (κ1) is 16.0. The van der Waals surface area contributed by atoms with E-state index in [9.17, 15) is 9.59 Å². The summed E-state index contributed by atoms with van der Waals surface area (Å²) in [6, 6.07) is 6.09. The quantitative estimate of drug-likeness (QED) is 0.477. The highest BCUT2D eigenvalue weighted by Gasteiger charge is 2.11. The van der Waals surface area contributed by atoms with E-state index in [0.29, 0.717) is 10.6 Å². The molecule has 0 aromatic heterocycles. The SMILES string of the molecule is N=C(N=C(N)N)SCC(=O)NC(=O)c1ccc(Cl)cc1. The van der Waals surface area contributed by atoms with Crippen molar-refractivity contribution >= 4 is 46.3 Å². The average Bonchev–Trinajstić information content (AvgIpc) is 2.36. The Bertz CT molecular complexity index is 554. The number of aliphatic imine (C=N–C) groups is 1. The second-order valence-corrected chi connectivity index (χ2v) is 4.92. The smallest absolute Gasteiger partial charge is 0.257 e. The van der Waals surface area contributed by atoms with Crippen molar-refractivity contribution in [3.05, 3.63) is 34.9 Å². The molecule has 2 amide bonds. The molecule has 0 aliphatic heterocycles. The molecule has 0 saturated carbocycles. The maximum Gasteiger partial charge on any atom is 0.257 e. The molecular weight excluding hydrogens is 302 g/mol. The number of halogens is 1. The molecule has 6 N–H and O–H groups in total. The molecule has 0 aliphatic rings. The number of nitrogens with one attached hydrogen (secondary N) is 2. The summed E-state index contributed by atoms with van der Waals surface area (Å²) in [7, 11) is 0. The Hall–Kier alpha value is -2.06. The molecule has 0 fully saturated rings. The third-order valence-electron chi connectivity index (χ3n) is 1.93. The zero-order valence-electron chi connectivity index (χ0n) is 10.2. The van der Waals surface area contributed by atoms with Crippen molar-refractivity contribution in [2.75, 3.05) is 5.75 Å². The van der Waals surface area contributed by atoms with Gasteiger partial charge in [-0.3, -0.25) is 20.3 Å². The predicted octanol–water partition coefficient (Wildman–Crippen LogP) is 0.538. The molecule has 0 saturated heterocycles. The Morgan fingerprint density at radius 2 is 1.90 bits per heavy atom. The molecule has 1 aromatic carbocycles. The zero-order chi connectivity index (χ0) is 15.1. The number of benzene rings is 1. The molecule has 106 valence electrons. The van der Waals surface area contributed by atoms with Crippen LogP contribution in [0.25, 0.3) is 0 Å². The normalized spacial score (nSPS) is 9.65. The number of hydrogen-bond acceptors (Lipinski definition) is 4. The summed E-state index contributed by atoms with van der Waals surface area (Å²) in [6.07, 6.45) is 0. The summed E-state index contributed by atoms with van der Waals surface area (Å²) < 4.78 is 0. The highest BCUT2D eigenvalue weighted by molar-refractivity contribution is 8.14. The van der Waals surface area contributed by atoms with Crippen molar-refractivity contribution in [1.29, 1.82) is 5.41 Å². The van der Waals surface area contributed by atoms with Gasteiger partial charge in [-0.25, -0.2) is 0 Å². The summed E-state index contributed by atoms with van der Waals surface area (Å²) >= 11 is 6.49. The average molecular weight is 314 g/mol. The van der Waals surface area contributed by atoms with E-state index >= 15 is 0 Å². The number of carbonyl (C=O) groups is 2. The van der Waals surface area contributed by atoms with Crippen LogP contribution in [0.2, 0.25) is 5.02 Å². The molecule has 0 aliphatic carbocycles. The largest absolute Gasteiger partial charge is 0.370 e. The van der Waals surface area contributed by atoms with E-state index in [4.69, 9.17) is 28.5 Å². The lowest BCUT2D eigenvalue weighted by atomic mass is 10.2. The second-order valence-electron chi connectivity index (χ2n) is 3.51. The highest BCUT2D eigenvalue weighted by Crippen LogP contribution is 2.09. The molecule has 0 spiro atoms. The number of nitrogens with zero attached hydrogens (tertiary/aromatic N) is 1. The van der Waals surface area contributed by atoms with Gasteiger partial charge < -0.3 is 11.5 Å². The lowest BCUT2D eigenvalue weighted by Crippen LogP contribution is -2.32. The molecule has 1 aromatic rings. The fourth-order valence-electron chi connectivity index (χ4n) is 1.12. The van der Waals surface area contributed by atoms with Crippen LogP contribution in [0.3, 0.4) is 0 Å². The van der Waals surface area contributed by atoms with Gasteiger partial charge in [-0.05, 0) is 24.3 Å². The summed E-state index contributed by atoms with van der Waals surface area (Å²) in [5.74, 6) is -1.50. The number of thioether (sulfide) groups is 1. The van der Waals surface area contributed by atoms with Crippen molar-refractivity contribution in [3.63, 3.8) is 0 Å². The minimum Gasteiger partial charge on any atom is -0.370 e. The van der Waals surface area contributed by atoms with E-state index in [1.807, 2.05) is 0 Å². The number of guanidine groups is 1. The van der Waals surface area contributed by atoms with Gasteiger partial charge in [0, 0.05) is 10.6 Å². The van der Waals surface area contributed by atoms with Gasteiger partial charge >= 0.3 is 0 Å². The number of nitrogens with two attached hydrogens (primary N) is 2. The van der Waals surface area contributed by atoms with Crippen molar-refractivity contribution in [2.45, 2.75) is 0 Å². The van der Waals surface area contributed by atoms with Gasteiger partial charge in [-0.1, -0.05) is 23.4 Å². The molecule has 7 nitrogen and oxygen atoms in total. The molecule has 0 atom stereocenters. The van der Waals surface area contributed by atoms with Crippen LogP contribution in [-0.4, -0.2) is 28.7 Å². The maximum absolute atomic E-state index is 11.7. The monoisotopic (exact) mass is 313 g/mol. The van der Waals surface area contributed by atoms with E-state index in [-0.39, 0.29) is 16.9 Å². The first-order valence-electron chi connectivity index (χ1n) is 5.29. The second kappa shape index (κ2) is 7.51. The van der Waals surface area contributed by atoms with Crippen LogP contribution >= 0.6 is 23.4 Å². The van der Waals surface area contributed by atoms with Crippen LogP contribution in [-0.2, 0) is 4.79 Å². The van der Waals surface area contributed by atoms with Crippen molar-refractivity contribution in [2.24, 2.45) is 16.5 Å². The zero-order valence-corrected chi connectivity index (χ0v) is 11.8. The third-order valence-corrected chi connectivity index (χ3v) is 2.95. The van der Waals surface area contributed by atoms with Crippen molar-refractivity contribution in [1.82, 2.24) is 5.32 Å². The number of hydrogen-bond donors (Lipinski definition) is 4. The standard InChI is InChI=1S/C11H12ClN5O2S/c12-7-3-1-6(2-4-7)9(19)16-8(18)5-20-11(15)17-10(13)14/h1-4H,5H2,(H,16,18,19)(H5,13,14,15,17). The minimum atomic E-state index is -0.550. The first-order valence-corrected chi connectivity index (χ1v) is 6.65. The van der Waals surface area contributed by atoms with E-state index in [2.05, 4.69) is 10.3 Å². The van der Waals surface area contributed by atoms with Crippen LogP contribution in [0.5, 0.6) is 0 Å². The number of imide groups is 1. The number of amides is 2. The summed E-state index contributed by atoms with van der Waals surface area (Å²) in [4.78, 5) is 26.6. The van der Waals surface area contributed by atoms with Gasteiger partial charge in [0.15, 0.2) is 11.1 Å². The molecule has 0 radical (unpaired) electrons. The molecular formula is C11H12ClN5O2S.